The second-order valence-corrected chi connectivity index (χ2v) is 6.30. The normalized spacial score (nSPS) is 19.5. The molecule has 0 radical (unpaired) electrons. The van der Waals surface area contributed by atoms with Crippen molar-refractivity contribution in [2.45, 2.75) is 18.4 Å². The smallest absolute Gasteiger partial charge is 0.409 e. The molecule has 0 bridgehead atoms. The molecule has 2 aromatic carbocycles. The second-order valence-electron chi connectivity index (χ2n) is 6.30. The Hall–Kier alpha value is -2.33. The second kappa shape index (κ2) is 5.70. The van der Waals surface area contributed by atoms with Crippen molar-refractivity contribution in [3.63, 3.8) is 0 Å². The number of benzene rings is 2. The van der Waals surface area contributed by atoms with Gasteiger partial charge in [-0.3, -0.25) is 0 Å². The SMILES string of the molecule is N[C@@H]1CCN(C(=O)OCC2c3ccccc3-c3ccccc32)C1. The summed E-state index contributed by atoms with van der Waals surface area (Å²) in [5.41, 5.74) is 10.8. The average Bonchev–Trinajstić information content (AvgIpc) is 3.15. The molecular formula is C19H20N2O2. The van der Waals surface area contributed by atoms with Crippen LogP contribution in [0.3, 0.4) is 0 Å². The van der Waals surface area contributed by atoms with E-state index in [1.54, 1.807) is 4.90 Å². The average molecular weight is 308 g/mol. The van der Waals surface area contributed by atoms with Crippen LogP contribution in [0.15, 0.2) is 48.5 Å². The molecule has 4 heteroatoms. The standard InChI is InChI=1S/C19H20N2O2/c20-13-9-10-21(11-13)19(22)23-12-18-16-7-3-1-5-14(16)15-6-2-4-8-17(15)18/h1-8,13,18H,9-12,20H2/t13-/m1/s1. The highest BCUT2D eigenvalue weighted by Crippen LogP contribution is 2.44. The fourth-order valence-corrected chi connectivity index (χ4v) is 3.64. The number of carbonyl (C=O) groups excluding carboxylic acids is 1. The predicted molar refractivity (Wildman–Crippen MR) is 89.2 cm³/mol. The van der Waals surface area contributed by atoms with Crippen molar-refractivity contribution in [2.75, 3.05) is 19.7 Å². The molecule has 0 spiro atoms. The van der Waals surface area contributed by atoms with E-state index in [0.717, 1.165) is 6.42 Å². The van der Waals surface area contributed by atoms with E-state index < -0.39 is 0 Å². The van der Waals surface area contributed by atoms with Crippen LogP contribution < -0.4 is 5.73 Å². The molecule has 0 saturated carbocycles. The van der Waals surface area contributed by atoms with Crippen LogP contribution in [-0.2, 0) is 4.74 Å². The maximum atomic E-state index is 12.2. The number of hydrogen-bond acceptors (Lipinski definition) is 3. The van der Waals surface area contributed by atoms with Gasteiger partial charge in [0.2, 0.25) is 0 Å². The topological polar surface area (TPSA) is 55.6 Å². The number of likely N-dealkylation sites (tertiary alicyclic amines) is 1. The lowest BCUT2D eigenvalue weighted by Gasteiger charge is -2.19. The number of ether oxygens (including phenoxy) is 1. The minimum absolute atomic E-state index is 0.0792. The van der Waals surface area contributed by atoms with E-state index in [-0.39, 0.29) is 18.1 Å². The molecule has 0 aromatic heterocycles. The van der Waals surface area contributed by atoms with Gasteiger partial charge in [-0.05, 0) is 28.7 Å². The van der Waals surface area contributed by atoms with Gasteiger partial charge < -0.3 is 15.4 Å². The number of carbonyl (C=O) groups is 1. The van der Waals surface area contributed by atoms with Gasteiger partial charge in [0.05, 0.1) is 0 Å². The van der Waals surface area contributed by atoms with Gasteiger partial charge in [0, 0.05) is 25.0 Å². The molecular weight excluding hydrogens is 288 g/mol. The lowest BCUT2D eigenvalue weighted by molar-refractivity contribution is 0.107. The first-order valence-electron chi connectivity index (χ1n) is 8.09. The maximum absolute atomic E-state index is 12.2. The fourth-order valence-electron chi connectivity index (χ4n) is 3.64. The number of hydrogen-bond donors (Lipinski definition) is 1. The highest BCUT2D eigenvalue weighted by atomic mass is 16.6. The maximum Gasteiger partial charge on any atom is 0.409 e. The van der Waals surface area contributed by atoms with Crippen LogP contribution in [0.25, 0.3) is 11.1 Å². The van der Waals surface area contributed by atoms with Gasteiger partial charge >= 0.3 is 6.09 Å². The van der Waals surface area contributed by atoms with E-state index in [0.29, 0.717) is 19.7 Å². The Bertz CT molecular complexity index is 698. The van der Waals surface area contributed by atoms with E-state index in [1.807, 2.05) is 12.1 Å². The third-order valence-corrected chi connectivity index (χ3v) is 4.82. The van der Waals surface area contributed by atoms with Crippen LogP contribution in [0.5, 0.6) is 0 Å². The van der Waals surface area contributed by atoms with Crippen molar-refractivity contribution in [2.24, 2.45) is 5.73 Å². The molecule has 23 heavy (non-hydrogen) atoms. The van der Waals surface area contributed by atoms with Gasteiger partial charge in [-0.15, -0.1) is 0 Å². The van der Waals surface area contributed by atoms with Gasteiger partial charge in [0.25, 0.3) is 0 Å². The van der Waals surface area contributed by atoms with Crippen molar-refractivity contribution in [3.8, 4) is 11.1 Å². The Morgan fingerprint density at radius 1 is 1.09 bits per heavy atom. The zero-order chi connectivity index (χ0) is 15.8. The van der Waals surface area contributed by atoms with Crippen molar-refractivity contribution in [1.29, 1.82) is 0 Å². The lowest BCUT2D eigenvalue weighted by atomic mass is 9.98. The quantitative estimate of drug-likeness (QED) is 0.928. The fraction of sp³-hybridized carbons (Fsp3) is 0.316. The molecule has 1 aliphatic heterocycles. The number of fused-ring (bicyclic) bond motifs is 3. The summed E-state index contributed by atoms with van der Waals surface area (Å²) in [7, 11) is 0. The molecule has 1 fully saturated rings. The van der Waals surface area contributed by atoms with Crippen molar-refractivity contribution < 1.29 is 9.53 Å². The first-order chi connectivity index (χ1) is 11.2. The monoisotopic (exact) mass is 308 g/mol. The summed E-state index contributed by atoms with van der Waals surface area (Å²) in [6.07, 6.45) is 0.601. The first kappa shape index (κ1) is 14.3. The zero-order valence-corrected chi connectivity index (χ0v) is 12.9. The number of nitrogens with two attached hydrogens (primary N) is 1. The number of nitrogens with zero attached hydrogens (tertiary/aromatic N) is 1. The zero-order valence-electron chi connectivity index (χ0n) is 12.9. The highest BCUT2D eigenvalue weighted by Gasteiger charge is 2.30. The van der Waals surface area contributed by atoms with E-state index in [9.17, 15) is 4.79 Å². The lowest BCUT2D eigenvalue weighted by Crippen LogP contribution is -2.33. The van der Waals surface area contributed by atoms with Crippen LogP contribution >= 0.6 is 0 Å². The number of rotatable bonds is 2. The molecule has 1 saturated heterocycles. The summed E-state index contributed by atoms with van der Waals surface area (Å²) in [6, 6.07) is 16.8. The van der Waals surface area contributed by atoms with Crippen molar-refractivity contribution in [3.05, 3.63) is 59.7 Å². The molecule has 1 heterocycles. The van der Waals surface area contributed by atoms with Crippen molar-refractivity contribution in [1.82, 2.24) is 4.90 Å². The molecule has 118 valence electrons. The molecule has 4 nitrogen and oxygen atoms in total. The minimum Gasteiger partial charge on any atom is -0.448 e. The van der Waals surface area contributed by atoms with Crippen LogP contribution in [0.4, 0.5) is 4.79 Å². The van der Waals surface area contributed by atoms with Crippen LogP contribution in [0.1, 0.15) is 23.5 Å². The summed E-state index contributed by atoms with van der Waals surface area (Å²) in [6.45, 7) is 1.66. The molecule has 2 N–H and O–H groups in total. The third kappa shape index (κ3) is 2.49. The summed E-state index contributed by atoms with van der Waals surface area (Å²) in [5.74, 6) is 0.114. The van der Waals surface area contributed by atoms with E-state index in [2.05, 4.69) is 36.4 Å². The van der Waals surface area contributed by atoms with Crippen LogP contribution in [0, 0.1) is 0 Å². The van der Waals surface area contributed by atoms with Gasteiger partial charge in [0.1, 0.15) is 6.61 Å². The van der Waals surface area contributed by atoms with Crippen molar-refractivity contribution >= 4 is 6.09 Å². The molecule has 1 aliphatic carbocycles. The highest BCUT2D eigenvalue weighted by molar-refractivity contribution is 5.79. The molecule has 2 aliphatic rings. The van der Waals surface area contributed by atoms with Gasteiger partial charge in [-0.25, -0.2) is 4.79 Å². The van der Waals surface area contributed by atoms with E-state index in [1.165, 1.54) is 22.3 Å². The molecule has 2 aromatic rings. The van der Waals surface area contributed by atoms with Crippen LogP contribution in [-0.4, -0.2) is 36.7 Å². The predicted octanol–water partition coefficient (Wildman–Crippen LogP) is 2.97. The molecule has 0 unspecified atom stereocenters. The summed E-state index contributed by atoms with van der Waals surface area (Å²) in [4.78, 5) is 13.9. The van der Waals surface area contributed by atoms with Gasteiger partial charge in [0.15, 0.2) is 0 Å². The first-order valence-corrected chi connectivity index (χ1v) is 8.09. The largest absolute Gasteiger partial charge is 0.448 e. The molecule has 1 atom stereocenters. The van der Waals surface area contributed by atoms with E-state index in [4.69, 9.17) is 10.5 Å². The number of amides is 1. The Balaban J connectivity index is 1.54. The summed E-state index contributed by atoms with van der Waals surface area (Å²) in [5, 5.41) is 0. The Morgan fingerprint density at radius 3 is 2.26 bits per heavy atom. The minimum atomic E-state index is -0.250. The Kier molecular flexibility index (Phi) is 3.54. The van der Waals surface area contributed by atoms with Gasteiger partial charge in [-0.2, -0.15) is 0 Å². The van der Waals surface area contributed by atoms with Crippen LogP contribution in [0.2, 0.25) is 0 Å². The molecule has 4 rings (SSSR count). The Labute approximate surface area is 135 Å². The molecule has 1 amide bonds. The summed E-state index contributed by atoms with van der Waals surface area (Å²) >= 11 is 0. The Morgan fingerprint density at radius 2 is 1.70 bits per heavy atom. The summed E-state index contributed by atoms with van der Waals surface area (Å²) < 4.78 is 5.60. The third-order valence-electron chi connectivity index (χ3n) is 4.82. The van der Waals surface area contributed by atoms with Gasteiger partial charge in [-0.1, -0.05) is 48.5 Å². The van der Waals surface area contributed by atoms with E-state index >= 15 is 0 Å².